The van der Waals surface area contributed by atoms with Crippen molar-refractivity contribution in [2.75, 3.05) is 25.0 Å². The number of aliphatic imine (C=N–C) groups is 1. The molecule has 1 saturated heterocycles. The summed E-state index contributed by atoms with van der Waals surface area (Å²) in [6, 6.07) is 3.25. The molecule has 130 valence electrons. The highest BCUT2D eigenvalue weighted by Crippen LogP contribution is 2.44. The number of carbonyl (C=O) groups excluding carboxylic acids is 1. The first-order chi connectivity index (χ1) is 11.7. The fourth-order valence-electron chi connectivity index (χ4n) is 2.91. The fraction of sp³-hybridized carbons (Fsp3) is 0.529. The number of hydrogen-bond donors (Lipinski definition) is 2. The van der Waals surface area contributed by atoms with Gasteiger partial charge in [0.05, 0.1) is 10.6 Å². The van der Waals surface area contributed by atoms with E-state index in [1.165, 1.54) is 44.1 Å². The zero-order valence-electron chi connectivity index (χ0n) is 13.8. The molecule has 0 spiro atoms. The summed E-state index contributed by atoms with van der Waals surface area (Å²) in [7, 11) is 1.56. The van der Waals surface area contributed by atoms with Crippen LogP contribution in [0.3, 0.4) is 0 Å². The Morgan fingerprint density at radius 2 is 2.04 bits per heavy atom. The molecule has 0 radical (unpaired) electrons. The molecule has 0 aromatic heterocycles. The van der Waals surface area contributed by atoms with Gasteiger partial charge in [0.1, 0.15) is 17.3 Å². The number of benzene rings is 1. The molecular formula is C17H23FN4OS. The van der Waals surface area contributed by atoms with E-state index in [0.717, 1.165) is 35.2 Å². The van der Waals surface area contributed by atoms with E-state index in [9.17, 15) is 4.39 Å². The summed E-state index contributed by atoms with van der Waals surface area (Å²) in [4.78, 5) is 17.1. The zero-order valence-corrected chi connectivity index (χ0v) is 14.7. The molecule has 7 heteroatoms. The first-order valence-electron chi connectivity index (χ1n) is 8.43. The third kappa shape index (κ3) is 4.01. The van der Waals surface area contributed by atoms with Crippen molar-refractivity contribution < 1.29 is 9.18 Å². The van der Waals surface area contributed by atoms with Gasteiger partial charge in [-0.3, -0.25) is 4.79 Å². The second-order valence-corrected chi connectivity index (χ2v) is 7.05. The van der Waals surface area contributed by atoms with Gasteiger partial charge in [0.25, 0.3) is 0 Å². The lowest BCUT2D eigenvalue weighted by Gasteiger charge is -2.31. The molecular weight excluding hydrogens is 327 g/mol. The number of amidine groups is 1. The van der Waals surface area contributed by atoms with Crippen LogP contribution < -0.4 is 14.9 Å². The predicted octanol–water partition coefficient (Wildman–Crippen LogP) is 3.23. The molecule has 1 aromatic rings. The van der Waals surface area contributed by atoms with Crippen molar-refractivity contribution in [1.29, 1.82) is 0 Å². The molecule has 2 aliphatic heterocycles. The van der Waals surface area contributed by atoms with E-state index in [-0.39, 0.29) is 5.82 Å². The molecule has 3 aliphatic rings. The summed E-state index contributed by atoms with van der Waals surface area (Å²) in [5.74, 6) is 1.51. The minimum Gasteiger partial charge on any atom is -0.370 e. The monoisotopic (exact) mass is 350 g/mol. The lowest BCUT2D eigenvalue weighted by atomic mass is 10.1. The third-order valence-corrected chi connectivity index (χ3v) is 5.14. The van der Waals surface area contributed by atoms with Gasteiger partial charge in [-0.25, -0.2) is 9.38 Å². The average Bonchev–Trinajstić information content (AvgIpc) is 3.47. The van der Waals surface area contributed by atoms with E-state index < -0.39 is 0 Å². The van der Waals surface area contributed by atoms with Crippen LogP contribution in [0.15, 0.2) is 22.0 Å². The zero-order chi connectivity index (χ0) is 16.9. The Kier molecular flexibility index (Phi) is 5.60. The average molecular weight is 350 g/mol. The smallest absolute Gasteiger partial charge is 0.206 e. The van der Waals surface area contributed by atoms with Crippen LogP contribution in [-0.4, -0.2) is 32.4 Å². The van der Waals surface area contributed by atoms with Crippen LogP contribution in [0.2, 0.25) is 0 Å². The van der Waals surface area contributed by atoms with Crippen molar-refractivity contribution >= 4 is 35.6 Å². The normalized spacial score (nSPS) is 19.2. The van der Waals surface area contributed by atoms with Crippen molar-refractivity contribution in [3.63, 3.8) is 0 Å². The minimum atomic E-state index is -0.163. The van der Waals surface area contributed by atoms with Crippen LogP contribution >= 0.6 is 11.9 Å². The molecule has 0 atom stereocenters. The number of amides is 1. The molecule has 2 fully saturated rings. The summed E-state index contributed by atoms with van der Waals surface area (Å²) in [6.07, 6.45) is 6.73. The van der Waals surface area contributed by atoms with E-state index in [0.29, 0.717) is 12.3 Å². The van der Waals surface area contributed by atoms with Gasteiger partial charge in [0, 0.05) is 26.1 Å². The number of piperidine rings is 1. The number of hydrogen-bond acceptors (Lipinski definition) is 5. The van der Waals surface area contributed by atoms with Gasteiger partial charge in [-0.05, 0) is 56.2 Å². The maximum atomic E-state index is 13.9. The Morgan fingerprint density at radius 1 is 1.33 bits per heavy atom. The van der Waals surface area contributed by atoms with E-state index in [4.69, 9.17) is 9.79 Å². The van der Waals surface area contributed by atoms with Gasteiger partial charge in [-0.2, -0.15) is 0 Å². The lowest BCUT2D eigenvalue weighted by molar-refractivity contribution is -0.109. The molecule has 5 nitrogen and oxygen atoms in total. The number of nitrogens with one attached hydrogen (secondary N) is 2. The molecule has 0 unspecified atom stereocenters. The first-order valence-corrected chi connectivity index (χ1v) is 9.25. The lowest BCUT2D eigenvalue weighted by Crippen LogP contribution is -2.30. The molecule has 2 heterocycles. The highest BCUT2D eigenvalue weighted by Gasteiger charge is 2.31. The van der Waals surface area contributed by atoms with E-state index in [1.54, 1.807) is 19.2 Å². The maximum Gasteiger partial charge on any atom is 0.206 e. The summed E-state index contributed by atoms with van der Waals surface area (Å²) >= 11 is 1.51. The van der Waals surface area contributed by atoms with Crippen molar-refractivity contribution in [3.05, 3.63) is 17.9 Å². The fourth-order valence-corrected chi connectivity index (χ4v) is 3.75. The van der Waals surface area contributed by atoms with Crippen LogP contribution in [0, 0.1) is 11.7 Å². The second-order valence-electron chi connectivity index (χ2n) is 6.20. The van der Waals surface area contributed by atoms with Gasteiger partial charge in [-0.1, -0.05) is 0 Å². The SMILES string of the molecule is CNC=O.Fc1cc2c(c(N3CCCCC3)c1)N=C(C1CC1)NS2. The second kappa shape index (κ2) is 7.88. The number of carbonyl (C=O) groups is 1. The summed E-state index contributed by atoms with van der Waals surface area (Å²) in [5.41, 5.74) is 1.95. The Labute approximate surface area is 146 Å². The van der Waals surface area contributed by atoms with Crippen LogP contribution in [0.4, 0.5) is 15.8 Å². The summed E-state index contributed by atoms with van der Waals surface area (Å²) in [5, 5.41) is 2.25. The van der Waals surface area contributed by atoms with E-state index >= 15 is 0 Å². The van der Waals surface area contributed by atoms with E-state index in [1.807, 2.05) is 0 Å². The van der Waals surface area contributed by atoms with Crippen molar-refractivity contribution in [3.8, 4) is 0 Å². The van der Waals surface area contributed by atoms with Gasteiger partial charge < -0.3 is 14.9 Å². The van der Waals surface area contributed by atoms with Crippen LogP contribution in [-0.2, 0) is 4.79 Å². The number of nitrogens with zero attached hydrogens (tertiary/aromatic N) is 2. The molecule has 1 aromatic carbocycles. The van der Waals surface area contributed by atoms with Gasteiger partial charge in [0.15, 0.2) is 0 Å². The van der Waals surface area contributed by atoms with Crippen molar-refractivity contribution in [1.82, 2.24) is 10.0 Å². The quantitative estimate of drug-likeness (QED) is 0.649. The molecule has 4 rings (SSSR count). The number of halogens is 1. The number of rotatable bonds is 3. The van der Waals surface area contributed by atoms with Crippen LogP contribution in [0.1, 0.15) is 32.1 Å². The molecule has 24 heavy (non-hydrogen) atoms. The highest BCUT2D eigenvalue weighted by atomic mass is 32.2. The van der Waals surface area contributed by atoms with Crippen LogP contribution in [0.5, 0.6) is 0 Å². The summed E-state index contributed by atoms with van der Waals surface area (Å²) in [6.45, 7) is 2.03. The summed E-state index contributed by atoms with van der Waals surface area (Å²) < 4.78 is 17.1. The van der Waals surface area contributed by atoms with Crippen LogP contribution in [0.25, 0.3) is 0 Å². The van der Waals surface area contributed by atoms with Gasteiger partial charge >= 0.3 is 0 Å². The Balaban J connectivity index is 0.000000383. The number of anilines is 1. The Bertz CT molecular complexity index is 627. The maximum absolute atomic E-state index is 13.9. The molecule has 1 aliphatic carbocycles. The molecule has 1 saturated carbocycles. The molecule has 0 bridgehead atoms. The Morgan fingerprint density at radius 3 is 2.67 bits per heavy atom. The molecule has 1 amide bonds. The van der Waals surface area contributed by atoms with Crippen molar-refractivity contribution in [2.45, 2.75) is 37.0 Å². The van der Waals surface area contributed by atoms with Gasteiger partial charge in [0.2, 0.25) is 6.41 Å². The molecule has 2 N–H and O–H groups in total. The number of fused-ring (bicyclic) bond motifs is 1. The topological polar surface area (TPSA) is 56.7 Å². The third-order valence-electron chi connectivity index (χ3n) is 4.30. The van der Waals surface area contributed by atoms with E-state index in [2.05, 4.69) is 14.9 Å². The van der Waals surface area contributed by atoms with Crippen molar-refractivity contribution in [2.24, 2.45) is 10.9 Å². The minimum absolute atomic E-state index is 0.163. The standard InChI is InChI=1S/C15H18FN3S.C2H5NO/c16-11-8-12(19-6-2-1-3-7-19)14-13(9-11)20-18-15(17-14)10-4-5-10;1-3-2-4/h8-10H,1-7H2,(H,17,18);2H,1H3,(H,3,4). The largest absolute Gasteiger partial charge is 0.370 e. The Hall–Kier alpha value is -1.76. The predicted molar refractivity (Wildman–Crippen MR) is 96.4 cm³/mol. The first kappa shape index (κ1) is 17.1. The van der Waals surface area contributed by atoms with Gasteiger partial charge in [-0.15, -0.1) is 0 Å². The highest BCUT2D eigenvalue weighted by molar-refractivity contribution is 7.98.